The lowest BCUT2D eigenvalue weighted by Crippen LogP contribution is -2.15. The number of ether oxygens (including phenoxy) is 1. The predicted molar refractivity (Wildman–Crippen MR) is 40.5 cm³/mol. The molecule has 0 spiro atoms. The largest absolute Gasteiger partial charge is 0.481 e. The maximum atomic E-state index is 10.5. The molecule has 0 heterocycles. The van der Waals surface area contributed by atoms with Crippen LogP contribution in [0.3, 0.4) is 0 Å². The minimum Gasteiger partial charge on any atom is -0.481 e. The Balaban J connectivity index is 2.35. The summed E-state index contributed by atoms with van der Waals surface area (Å²) in [7, 11) is 0. The summed E-state index contributed by atoms with van der Waals surface area (Å²) in [5.41, 5.74) is -0.322. The molecule has 0 amide bonds. The van der Waals surface area contributed by atoms with Crippen molar-refractivity contribution in [2.24, 2.45) is 11.3 Å². The number of carboxylic acids is 1. The van der Waals surface area contributed by atoms with Crippen LogP contribution in [0.2, 0.25) is 0 Å². The molecule has 0 aromatic carbocycles. The zero-order valence-electron chi connectivity index (χ0n) is 7.16. The lowest BCUT2D eigenvalue weighted by molar-refractivity contribution is -0.145. The molecule has 0 aromatic heterocycles. The minimum absolute atomic E-state index is 0.222. The van der Waals surface area contributed by atoms with Crippen LogP contribution in [0.15, 0.2) is 0 Å². The molecule has 1 fully saturated rings. The van der Waals surface area contributed by atoms with Crippen molar-refractivity contribution in [1.82, 2.24) is 0 Å². The van der Waals surface area contributed by atoms with Gasteiger partial charge in [0.25, 0.3) is 0 Å². The number of carboxylic acid groups (broad SMARTS) is 1. The van der Waals surface area contributed by atoms with Crippen molar-refractivity contribution in [3.8, 4) is 0 Å². The van der Waals surface area contributed by atoms with Crippen LogP contribution in [0.5, 0.6) is 0 Å². The normalized spacial score (nSPS) is 32.7. The highest BCUT2D eigenvalue weighted by Crippen LogP contribution is 2.52. The first kappa shape index (κ1) is 9.03. The first-order chi connectivity index (χ1) is 5.46. The second-order valence-electron chi connectivity index (χ2n) is 3.53. The van der Waals surface area contributed by atoms with Gasteiger partial charge < -0.3 is 9.84 Å². The molecule has 68 valence electrons. The van der Waals surface area contributed by atoms with Crippen molar-refractivity contribution in [1.29, 1.82) is 0 Å². The van der Waals surface area contributed by atoms with Gasteiger partial charge in [-0.15, -0.1) is 0 Å². The van der Waals surface area contributed by atoms with E-state index in [1.54, 1.807) is 0 Å². The van der Waals surface area contributed by atoms with Crippen molar-refractivity contribution < 1.29 is 19.4 Å². The molecule has 1 rings (SSSR count). The summed E-state index contributed by atoms with van der Waals surface area (Å²) in [5, 5.41) is 8.61. The number of carbonyl (C=O) groups excluding carboxylic acids is 1. The van der Waals surface area contributed by atoms with E-state index in [0.29, 0.717) is 6.42 Å². The second-order valence-corrected chi connectivity index (χ2v) is 3.53. The Morgan fingerprint density at radius 3 is 2.58 bits per heavy atom. The lowest BCUT2D eigenvalue weighted by Gasteiger charge is -2.08. The molecule has 1 N–H and O–H groups in total. The van der Waals surface area contributed by atoms with Crippen molar-refractivity contribution in [2.75, 3.05) is 6.61 Å². The van der Waals surface area contributed by atoms with Crippen LogP contribution in [0, 0.1) is 11.3 Å². The van der Waals surface area contributed by atoms with E-state index in [-0.39, 0.29) is 23.9 Å². The fourth-order valence-electron chi connectivity index (χ4n) is 1.22. The second kappa shape index (κ2) is 2.77. The van der Waals surface area contributed by atoms with Crippen LogP contribution >= 0.6 is 0 Å². The van der Waals surface area contributed by atoms with Gasteiger partial charge >= 0.3 is 11.9 Å². The SMILES string of the molecule is CC(=O)OCC1(C)CC1C(=O)O. The van der Waals surface area contributed by atoms with E-state index < -0.39 is 5.97 Å². The number of esters is 1. The smallest absolute Gasteiger partial charge is 0.307 e. The van der Waals surface area contributed by atoms with Gasteiger partial charge in [-0.2, -0.15) is 0 Å². The molecule has 0 aliphatic heterocycles. The van der Waals surface area contributed by atoms with Crippen molar-refractivity contribution >= 4 is 11.9 Å². The van der Waals surface area contributed by atoms with Gasteiger partial charge in [-0.25, -0.2) is 0 Å². The van der Waals surface area contributed by atoms with Gasteiger partial charge in [0.2, 0.25) is 0 Å². The van der Waals surface area contributed by atoms with E-state index in [2.05, 4.69) is 0 Å². The van der Waals surface area contributed by atoms with Crippen LogP contribution in [-0.2, 0) is 14.3 Å². The molecule has 0 radical (unpaired) electrons. The summed E-state index contributed by atoms with van der Waals surface area (Å²) >= 11 is 0. The Labute approximate surface area is 70.5 Å². The average Bonchev–Trinajstić information content (AvgIpc) is 2.60. The quantitative estimate of drug-likeness (QED) is 0.635. The van der Waals surface area contributed by atoms with Crippen LogP contribution in [0.4, 0.5) is 0 Å². The number of hydrogen-bond acceptors (Lipinski definition) is 3. The molecule has 4 nitrogen and oxygen atoms in total. The number of carbonyl (C=O) groups is 2. The summed E-state index contributed by atoms with van der Waals surface area (Å²) in [5.74, 6) is -1.49. The van der Waals surface area contributed by atoms with E-state index in [4.69, 9.17) is 9.84 Å². The number of aliphatic carboxylic acids is 1. The molecular formula is C8H12O4. The minimum atomic E-state index is -0.801. The third-order valence-electron chi connectivity index (χ3n) is 2.25. The van der Waals surface area contributed by atoms with Crippen LogP contribution < -0.4 is 0 Å². The van der Waals surface area contributed by atoms with Gasteiger partial charge in [0.15, 0.2) is 0 Å². The summed E-state index contributed by atoms with van der Waals surface area (Å²) in [6, 6.07) is 0. The van der Waals surface area contributed by atoms with Gasteiger partial charge in [-0.05, 0) is 6.42 Å². The molecule has 0 aromatic rings. The molecule has 1 saturated carbocycles. The summed E-state index contributed by atoms with van der Waals surface area (Å²) in [6.07, 6.45) is 0.607. The maximum Gasteiger partial charge on any atom is 0.307 e. The van der Waals surface area contributed by atoms with E-state index in [1.807, 2.05) is 6.92 Å². The van der Waals surface area contributed by atoms with Gasteiger partial charge in [-0.1, -0.05) is 6.92 Å². The maximum absolute atomic E-state index is 10.5. The Hall–Kier alpha value is -1.06. The molecule has 0 bridgehead atoms. The average molecular weight is 172 g/mol. The van der Waals surface area contributed by atoms with Crippen LogP contribution in [0.25, 0.3) is 0 Å². The highest BCUT2D eigenvalue weighted by Gasteiger charge is 2.55. The lowest BCUT2D eigenvalue weighted by atomic mass is 10.1. The highest BCUT2D eigenvalue weighted by molar-refractivity contribution is 5.75. The highest BCUT2D eigenvalue weighted by atomic mass is 16.5. The number of hydrogen-bond donors (Lipinski definition) is 1. The molecular weight excluding hydrogens is 160 g/mol. The van der Waals surface area contributed by atoms with Crippen LogP contribution in [0.1, 0.15) is 20.3 Å². The summed E-state index contributed by atoms with van der Waals surface area (Å²) in [6.45, 7) is 3.36. The standard InChI is InChI=1S/C8H12O4/c1-5(9)12-4-8(2)3-6(8)7(10)11/h6H,3-4H2,1-2H3,(H,10,11). The molecule has 1 aliphatic rings. The van der Waals surface area contributed by atoms with Gasteiger partial charge in [0, 0.05) is 12.3 Å². The molecule has 0 saturated heterocycles. The Kier molecular flexibility index (Phi) is 2.08. The molecule has 12 heavy (non-hydrogen) atoms. The first-order valence-corrected chi connectivity index (χ1v) is 3.82. The Morgan fingerprint density at radius 1 is 1.67 bits per heavy atom. The monoisotopic (exact) mass is 172 g/mol. The van der Waals surface area contributed by atoms with Gasteiger partial charge in [-0.3, -0.25) is 9.59 Å². The molecule has 4 heteroatoms. The predicted octanol–water partition coefficient (Wildman–Crippen LogP) is 0.660. The van der Waals surface area contributed by atoms with Crippen LogP contribution in [-0.4, -0.2) is 23.7 Å². The van der Waals surface area contributed by atoms with E-state index >= 15 is 0 Å². The topological polar surface area (TPSA) is 63.6 Å². The van der Waals surface area contributed by atoms with Gasteiger partial charge in [0.05, 0.1) is 12.5 Å². The van der Waals surface area contributed by atoms with E-state index in [9.17, 15) is 9.59 Å². The summed E-state index contributed by atoms with van der Waals surface area (Å²) in [4.78, 5) is 20.9. The molecule has 2 atom stereocenters. The third-order valence-corrected chi connectivity index (χ3v) is 2.25. The number of rotatable bonds is 3. The Morgan fingerprint density at radius 2 is 2.25 bits per heavy atom. The third kappa shape index (κ3) is 1.75. The van der Waals surface area contributed by atoms with Gasteiger partial charge in [0.1, 0.15) is 0 Å². The summed E-state index contributed by atoms with van der Waals surface area (Å²) < 4.78 is 4.75. The van der Waals surface area contributed by atoms with E-state index in [1.165, 1.54) is 6.92 Å². The fraction of sp³-hybridized carbons (Fsp3) is 0.750. The Bertz CT molecular complexity index is 223. The van der Waals surface area contributed by atoms with Crippen molar-refractivity contribution in [3.05, 3.63) is 0 Å². The van der Waals surface area contributed by atoms with Crippen molar-refractivity contribution in [2.45, 2.75) is 20.3 Å². The zero-order chi connectivity index (χ0) is 9.35. The zero-order valence-corrected chi connectivity index (χ0v) is 7.16. The molecule has 2 unspecified atom stereocenters. The van der Waals surface area contributed by atoms with Crippen molar-refractivity contribution in [3.63, 3.8) is 0 Å². The van der Waals surface area contributed by atoms with E-state index in [0.717, 1.165) is 0 Å². The molecule has 1 aliphatic carbocycles. The first-order valence-electron chi connectivity index (χ1n) is 3.82. The fourth-order valence-corrected chi connectivity index (χ4v) is 1.22.